The summed E-state index contributed by atoms with van der Waals surface area (Å²) in [5, 5.41) is 40.8. The number of ether oxygens (including phenoxy) is 2. The summed E-state index contributed by atoms with van der Waals surface area (Å²) >= 11 is 0. The van der Waals surface area contributed by atoms with E-state index in [-0.39, 0.29) is 29.9 Å². The Morgan fingerprint density at radius 2 is 1.96 bits per heavy atom. The maximum absolute atomic E-state index is 12.4. The van der Waals surface area contributed by atoms with E-state index in [0.717, 1.165) is 6.08 Å². The van der Waals surface area contributed by atoms with Gasteiger partial charge in [-0.05, 0) is 6.92 Å². The Bertz CT molecular complexity index is 793. The molecule has 8 nitrogen and oxygen atoms in total. The number of hydrogen-bond acceptors (Lipinski definition) is 8. The second kappa shape index (κ2) is 6.05. The number of hydrogen-bond donors (Lipinski definition) is 4. The van der Waals surface area contributed by atoms with Gasteiger partial charge in [-0.15, -0.1) is 0 Å². The van der Waals surface area contributed by atoms with Gasteiger partial charge in [-0.1, -0.05) is 0 Å². The fourth-order valence-corrected chi connectivity index (χ4v) is 3.25. The monoisotopic (exact) mass is 350 g/mol. The average molecular weight is 350 g/mol. The maximum atomic E-state index is 12.4. The third-order valence-corrected chi connectivity index (χ3v) is 4.33. The van der Waals surface area contributed by atoms with Crippen LogP contribution in [-0.2, 0) is 4.74 Å². The van der Waals surface area contributed by atoms with Crippen molar-refractivity contribution in [3.05, 3.63) is 28.5 Å². The van der Waals surface area contributed by atoms with E-state index < -0.39 is 52.5 Å². The van der Waals surface area contributed by atoms with Gasteiger partial charge in [0.25, 0.3) is 0 Å². The van der Waals surface area contributed by atoms with E-state index in [1.807, 2.05) is 0 Å². The van der Waals surface area contributed by atoms with Crippen LogP contribution in [0.4, 0.5) is 0 Å². The fraction of sp³-hybridized carbons (Fsp3) is 0.412. The van der Waals surface area contributed by atoms with Crippen LogP contribution in [0, 0.1) is 0 Å². The first kappa shape index (κ1) is 17.2. The molecule has 1 aromatic rings. The van der Waals surface area contributed by atoms with Gasteiger partial charge in [-0.2, -0.15) is 0 Å². The Morgan fingerprint density at radius 3 is 2.56 bits per heavy atom. The van der Waals surface area contributed by atoms with Gasteiger partial charge in [0, 0.05) is 18.9 Å². The molecule has 1 unspecified atom stereocenters. The molecular formula is C17H18O8. The smallest absolute Gasteiger partial charge is 0.232 e. The number of methoxy groups -OCH3 is 1. The highest BCUT2D eigenvalue weighted by Gasteiger charge is 2.41. The van der Waals surface area contributed by atoms with Crippen molar-refractivity contribution < 1.29 is 39.5 Å². The summed E-state index contributed by atoms with van der Waals surface area (Å²) in [5.41, 5.74) is -0.960. The minimum Gasteiger partial charge on any atom is -0.507 e. The Hall–Kier alpha value is -2.58. The molecule has 4 N–H and O–H groups in total. The average Bonchev–Trinajstić information content (AvgIpc) is 2.53. The van der Waals surface area contributed by atoms with Crippen LogP contribution in [0.2, 0.25) is 0 Å². The van der Waals surface area contributed by atoms with Crippen LogP contribution in [0.1, 0.15) is 52.1 Å². The lowest BCUT2D eigenvalue weighted by atomic mass is 9.85. The molecule has 0 radical (unpaired) electrons. The van der Waals surface area contributed by atoms with Crippen molar-refractivity contribution >= 4 is 11.6 Å². The molecule has 134 valence electrons. The van der Waals surface area contributed by atoms with Crippen LogP contribution < -0.4 is 4.74 Å². The molecule has 2 aliphatic rings. The second-order valence-electron chi connectivity index (χ2n) is 6.17. The summed E-state index contributed by atoms with van der Waals surface area (Å²) in [6.07, 6.45) is -1.40. The molecular weight excluding hydrogens is 332 g/mol. The van der Waals surface area contributed by atoms with Gasteiger partial charge >= 0.3 is 0 Å². The molecule has 25 heavy (non-hydrogen) atoms. The minimum absolute atomic E-state index is 0.0605. The van der Waals surface area contributed by atoms with Crippen molar-refractivity contribution in [2.45, 2.75) is 38.1 Å². The highest BCUT2D eigenvalue weighted by Crippen LogP contribution is 2.51. The molecule has 0 bridgehead atoms. The van der Waals surface area contributed by atoms with E-state index >= 15 is 0 Å². The first-order valence-corrected chi connectivity index (χ1v) is 7.75. The first-order chi connectivity index (χ1) is 11.8. The van der Waals surface area contributed by atoms with E-state index in [2.05, 4.69) is 0 Å². The van der Waals surface area contributed by atoms with E-state index in [9.17, 15) is 30.0 Å². The molecule has 0 spiro atoms. The second-order valence-corrected chi connectivity index (χ2v) is 6.17. The number of aliphatic hydroxyl groups is 2. The molecule has 8 heteroatoms. The first-order valence-electron chi connectivity index (χ1n) is 7.75. The number of Topliss-reactive ketones (excluding diaryl/α,β-unsaturated/α-hetero) is 1. The number of benzene rings is 1. The van der Waals surface area contributed by atoms with Gasteiger partial charge in [-0.3, -0.25) is 9.59 Å². The van der Waals surface area contributed by atoms with Crippen LogP contribution in [0.15, 0.2) is 11.8 Å². The molecule has 1 aliphatic heterocycles. The lowest BCUT2D eigenvalue weighted by molar-refractivity contribution is 0.0328. The third kappa shape index (κ3) is 2.63. The topological polar surface area (TPSA) is 134 Å². The molecule has 0 fully saturated rings. The molecule has 1 heterocycles. The van der Waals surface area contributed by atoms with Crippen LogP contribution in [0.3, 0.4) is 0 Å². The van der Waals surface area contributed by atoms with Crippen LogP contribution in [-0.4, -0.2) is 51.3 Å². The van der Waals surface area contributed by atoms with Crippen molar-refractivity contribution in [2.75, 3.05) is 7.11 Å². The van der Waals surface area contributed by atoms with Crippen molar-refractivity contribution in [2.24, 2.45) is 0 Å². The number of phenolic OH excluding ortho intramolecular Hbond substituents is 2. The van der Waals surface area contributed by atoms with E-state index in [1.54, 1.807) is 6.92 Å². The Labute approximate surface area is 142 Å². The fourth-order valence-electron chi connectivity index (χ4n) is 3.25. The van der Waals surface area contributed by atoms with Gasteiger partial charge < -0.3 is 29.9 Å². The molecule has 0 aromatic heterocycles. The molecule has 1 aliphatic carbocycles. The number of allylic oxidation sites excluding steroid dienone is 2. The zero-order valence-corrected chi connectivity index (χ0v) is 13.6. The van der Waals surface area contributed by atoms with Crippen molar-refractivity contribution in [3.63, 3.8) is 0 Å². The number of ketones is 2. The zero-order valence-electron chi connectivity index (χ0n) is 13.6. The maximum Gasteiger partial charge on any atom is 0.232 e. The molecule has 0 amide bonds. The number of carbonyl (C=O) groups excluding carboxylic acids is 2. The SMILES string of the molecule is COC1=CC(=O)c2c(O)c3c(c(O)c2C1=O)O[C@@H](CC(C)O)C[C@@H]3O. The van der Waals surface area contributed by atoms with Gasteiger partial charge in [0.1, 0.15) is 11.9 Å². The van der Waals surface area contributed by atoms with Crippen molar-refractivity contribution in [1.29, 1.82) is 0 Å². The highest BCUT2D eigenvalue weighted by molar-refractivity contribution is 6.26. The van der Waals surface area contributed by atoms with Crippen LogP contribution in [0.5, 0.6) is 17.2 Å². The Balaban J connectivity index is 2.19. The van der Waals surface area contributed by atoms with E-state index in [1.165, 1.54) is 7.11 Å². The number of rotatable bonds is 3. The third-order valence-electron chi connectivity index (χ3n) is 4.33. The quantitative estimate of drug-likeness (QED) is 0.592. The van der Waals surface area contributed by atoms with Crippen molar-refractivity contribution in [1.82, 2.24) is 0 Å². The van der Waals surface area contributed by atoms with Gasteiger partial charge in [0.2, 0.25) is 5.78 Å². The Kier molecular flexibility index (Phi) is 4.18. The summed E-state index contributed by atoms with van der Waals surface area (Å²) < 4.78 is 10.4. The predicted molar refractivity (Wildman–Crippen MR) is 83.8 cm³/mol. The predicted octanol–water partition coefficient (Wildman–Crippen LogP) is 0.962. The number of phenols is 2. The molecule has 3 rings (SSSR count). The largest absolute Gasteiger partial charge is 0.507 e. The normalized spacial score (nSPS) is 23.3. The highest BCUT2D eigenvalue weighted by atomic mass is 16.5. The lowest BCUT2D eigenvalue weighted by Gasteiger charge is -2.33. The van der Waals surface area contributed by atoms with Crippen LogP contribution >= 0.6 is 0 Å². The van der Waals surface area contributed by atoms with Crippen LogP contribution in [0.25, 0.3) is 0 Å². The number of carbonyl (C=O) groups is 2. The van der Waals surface area contributed by atoms with Gasteiger partial charge in [-0.25, -0.2) is 0 Å². The standard InChI is InChI=1S/C17H18O8/c1-6(18)3-7-4-8(19)12-15(22)11-9(20)5-10(24-2)14(21)13(11)16(23)17(12)25-7/h5-8,18-19,22-23H,3-4H2,1-2H3/t6?,7-,8-/m0/s1. The summed E-state index contributed by atoms with van der Waals surface area (Å²) in [5.74, 6) is -3.28. The Morgan fingerprint density at radius 1 is 1.28 bits per heavy atom. The van der Waals surface area contributed by atoms with E-state index in [0.29, 0.717) is 0 Å². The summed E-state index contributed by atoms with van der Waals surface area (Å²) in [4.78, 5) is 24.7. The molecule has 0 saturated carbocycles. The zero-order chi connectivity index (χ0) is 18.5. The van der Waals surface area contributed by atoms with Gasteiger partial charge in [0.15, 0.2) is 23.0 Å². The van der Waals surface area contributed by atoms with Crippen molar-refractivity contribution in [3.8, 4) is 17.2 Å². The number of aromatic hydroxyl groups is 2. The summed E-state index contributed by atoms with van der Waals surface area (Å²) in [6, 6.07) is 0. The number of aliphatic hydroxyl groups excluding tert-OH is 2. The number of fused-ring (bicyclic) bond motifs is 2. The molecule has 3 atom stereocenters. The lowest BCUT2D eigenvalue weighted by Crippen LogP contribution is -2.30. The minimum atomic E-state index is -1.22. The van der Waals surface area contributed by atoms with Gasteiger partial charge in [0.05, 0.1) is 36.0 Å². The summed E-state index contributed by atoms with van der Waals surface area (Å²) in [7, 11) is 1.20. The summed E-state index contributed by atoms with van der Waals surface area (Å²) in [6.45, 7) is 1.55. The van der Waals surface area contributed by atoms with E-state index in [4.69, 9.17) is 9.47 Å². The molecule has 1 aromatic carbocycles. The molecule has 0 saturated heterocycles.